The van der Waals surface area contributed by atoms with Gasteiger partial charge in [-0.05, 0) is 38.5 Å². The number of aryl methyl sites for hydroxylation is 1. The second-order valence-electron chi connectivity index (χ2n) is 6.85. The first-order valence-corrected chi connectivity index (χ1v) is 9.31. The molecular weight excluding hydrogens is 340 g/mol. The Hall–Kier alpha value is -2.89. The highest BCUT2D eigenvalue weighted by molar-refractivity contribution is 5.92. The molecule has 0 unspecified atom stereocenters. The standard InChI is InChI=1S/C21H26N4O2/c1-16-20(17(2)25(22-16)19-8-5-4-6-9-19)10-11-21(27)24-13-7-12-23(14-15-24)18(3)26/h4-6,8-11H,7,12-15H2,1-3H3/b11-10+. The van der Waals surface area contributed by atoms with Crippen molar-refractivity contribution in [3.05, 3.63) is 53.4 Å². The Morgan fingerprint density at radius 2 is 1.67 bits per heavy atom. The van der Waals surface area contributed by atoms with Crippen molar-refractivity contribution < 1.29 is 9.59 Å². The van der Waals surface area contributed by atoms with Crippen molar-refractivity contribution in [1.82, 2.24) is 19.6 Å². The Labute approximate surface area is 160 Å². The molecule has 3 rings (SSSR count). The van der Waals surface area contributed by atoms with E-state index in [1.54, 1.807) is 17.9 Å². The van der Waals surface area contributed by atoms with Gasteiger partial charge < -0.3 is 9.80 Å². The number of aromatic nitrogens is 2. The van der Waals surface area contributed by atoms with E-state index < -0.39 is 0 Å². The van der Waals surface area contributed by atoms with Gasteiger partial charge >= 0.3 is 0 Å². The van der Waals surface area contributed by atoms with Crippen molar-refractivity contribution in [2.45, 2.75) is 27.2 Å². The molecule has 0 radical (unpaired) electrons. The topological polar surface area (TPSA) is 58.4 Å². The van der Waals surface area contributed by atoms with E-state index in [2.05, 4.69) is 5.10 Å². The third-order valence-corrected chi connectivity index (χ3v) is 4.99. The lowest BCUT2D eigenvalue weighted by Gasteiger charge is -2.20. The predicted molar refractivity (Wildman–Crippen MR) is 106 cm³/mol. The Morgan fingerprint density at radius 1 is 1.00 bits per heavy atom. The van der Waals surface area contributed by atoms with Gasteiger partial charge in [-0.1, -0.05) is 18.2 Å². The zero-order valence-electron chi connectivity index (χ0n) is 16.2. The molecule has 0 N–H and O–H groups in total. The fourth-order valence-electron chi connectivity index (χ4n) is 3.43. The fraction of sp³-hybridized carbons (Fsp3) is 0.381. The molecule has 0 saturated carbocycles. The van der Waals surface area contributed by atoms with Crippen LogP contribution < -0.4 is 0 Å². The van der Waals surface area contributed by atoms with E-state index in [0.717, 1.165) is 29.1 Å². The molecule has 27 heavy (non-hydrogen) atoms. The van der Waals surface area contributed by atoms with Crippen LogP contribution >= 0.6 is 0 Å². The molecule has 1 aromatic carbocycles. The summed E-state index contributed by atoms with van der Waals surface area (Å²) >= 11 is 0. The van der Waals surface area contributed by atoms with Crippen molar-refractivity contribution in [3.8, 4) is 5.69 Å². The predicted octanol–water partition coefficient (Wildman–Crippen LogP) is 2.58. The molecule has 0 atom stereocenters. The van der Waals surface area contributed by atoms with E-state index in [-0.39, 0.29) is 11.8 Å². The maximum Gasteiger partial charge on any atom is 0.246 e. The van der Waals surface area contributed by atoms with Crippen LogP contribution in [-0.2, 0) is 9.59 Å². The van der Waals surface area contributed by atoms with Crippen molar-refractivity contribution in [2.24, 2.45) is 0 Å². The lowest BCUT2D eigenvalue weighted by Crippen LogP contribution is -2.35. The lowest BCUT2D eigenvalue weighted by atomic mass is 10.1. The Kier molecular flexibility index (Phi) is 5.74. The quantitative estimate of drug-likeness (QED) is 0.785. The average Bonchev–Trinajstić information content (AvgIpc) is 2.83. The molecule has 1 aliphatic heterocycles. The molecule has 1 saturated heterocycles. The number of carbonyl (C=O) groups excluding carboxylic acids is 2. The van der Waals surface area contributed by atoms with Gasteiger partial charge in [0.15, 0.2) is 0 Å². The number of hydrogen-bond acceptors (Lipinski definition) is 3. The van der Waals surface area contributed by atoms with Gasteiger partial charge in [0.1, 0.15) is 0 Å². The monoisotopic (exact) mass is 366 g/mol. The van der Waals surface area contributed by atoms with Gasteiger partial charge in [0.25, 0.3) is 0 Å². The molecule has 1 aliphatic rings. The second-order valence-corrected chi connectivity index (χ2v) is 6.85. The van der Waals surface area contributed by atoms with Crippen LogP contribution in [0.25, 0.3) is 11.8 Å². The van der Waals surface area contributed by atoms with Gasteiger partial charge in [0, 0.05) is 50.4 Å². The summed E-state index contributed by atoms with van der Waals surface area (Å²) in [5.74, 6) is 0.0473. The summed E-state index contributed by atoms with van der Waals surface area (Å²) in [7, 11) is 0. The normalized spacial score (nSPS) is 15.2. The third kappa shape index (κ3) is 4.27. The van der Waals surface area contributed by atoms with Gasteiger partial charge in [0.05, 0.1) is 11.4 Å². The molecule has 1 fully saturated rings. The molecular formula is C21H26N4O2. The summed E-state index contributed by atoms with van der Waals surface area (Å²) in [5.41, 5.74) is 3.86. The Bertz CT molecular complexity index is 855. The molecule has 6 heteroatoms. The number of nitrogens with zero attached hydrogens (tertiary/aromatic N) is 4. The summed E-state index contributed by atoms with van der Waals surface area (Å²) in [6, 6.07) is 9.96. The first kappa shape index (κ1) is 18.9. The van der Waals surface area contributed by atoms with Gasteiger partial charge in [-0.15, -0.1) is 0 Å². The van der Waals surface area contributed by atoms with Gasteiger partial charge in [-0.25, -0.2) is 4.68 Å². The maximum atomic E-state index is 12.6. The zero-order valence-corrected chi connectivity index (χ0v) is 16.2. The highest BCUT2D eigenvalue weighted by Gasteiger charge is 2.19. The molecule has 142 valence electrons. The first-order valence-electron chi connectivity index (χ1n) is 9.31. The number of amides is 2. The van der Waals surface area contributed by atoms with Gasteiger partial charge in [0.2, 0.25) is 11.8 Å². The molecule has 2 aromatic rings. The number of benzene rings is 1. The fourth-order valence-corrected chi connectivity index (χ4v) is 3.43. The van der Waals surface area contributed by atoms with Crippen molar-refractivity contribution >= 4 is 17.9 Å². The summed E-state index contributed by atoms with van der Waals surface area (Å²) in [6.07, 6.45) is 4.28. The van der Waals surface area contributed by atoms with Crippen molar-refractivity contribution in [2.75, 3.05) is 26.2 Å². The smallest absolute Gasteiger partial charge is 0.246 e. The zero-order chi connectivity index (χ0) is 19.4. The molecule has 0 bridgehead atoms. The van der Waals surface area contributed by atoms with E-state index in [0.29, 0.717) is 26.2 Å². The maximum absolute atomic E-state index is 12.6. The van der Waals surface area contributed by atoms with Crippen molar-refractivity contribution in [1.29, 1.82) is 0 Å². The molecule has 2 heterocycles. The summed E-state index contributed by atoms with van der Waals surface area (Å²) in [6.45, 7) is 8.09. The van der Waals surface area contributed by atoms with Crippen LogP contribution in [0.4, 0.5) is 0 Å². The van der Waals surface area contributed by atoms with Gasteiger partial charge in [-0.2, -0.15) is 5.10 Å². The van der Waals surface area contributed by atoms with Crippen molar-refractivity contribution in [3.63, 3.8) is 0 Å². The van der Waals surface area contributed by atoms with Crippen LogP contribution in [0.5, 0.6) is 0 Å². The lowest BCUT2D eigenvalue weighted by molar-refractivity contribution is -0.130. The SMILES string of the molecule is CC(=O)N1CCCN(C(=O)/C=C/c2c(C)nn(-c3ccccc3)c2C)CC1. The minimum absolute atomic E-state index is 0.0216. The molecule has 0 spiro atoms. The summed E-state index contributed by atoms with van der Waals surface area (Å²) in [4.78, 5) is 27.8. The van der Waals surface area contributed by atoms with Crippen LogP contribution in [0.1, 0.15) is 30.3 Å². The number of hydrogen-bond donors (Lipinski definition) is 0. The van der Waals surface area contributed by atoms with E-state index in [4.69, 9.17) is 0 Å². The van der Waals surface area contributed by atoms with E-state index in [1.165, 1.54) is 0 Å². The van der Waals surface area contributed by atoms with E-state index in [1.807, 2.05) is 59.8 Å². The highest BCUT2D eigenvalue weighted by Crippen LogP contribution is 2.19. The van der Waals surface area contributed by atoms with Crippen LogP contribution in [0.2, 0.25) is 0 Å². The van der Waals surface area contributed by atoms with Crippen LogP contribution in [0.3, 0.4) is 0 Å². The van der Waals surface area contributed by atoms with Crippen LogP contribution in [0.15, 0.2) is 36.4 Å². The second kappa shape index (κ2) is 8.20. The van der Waals surface area contributed by atoms with Crippen LogP contribution in [0, 0.1) is 13.8 Å². The summed E-state index contributed by atoms with van der Waals surface area (Å²) in [5, 5.41) is 4.61. The first-order chi connectivity index (χ1) is 13.0. The van der Waals surface area contributed by atoms with E-state index >= 15 is 0 Å². The summed E-state index contributed by atoms with van der Waals surface area (Å²) < 4.78 is 1.90. The number of carbonyl (C=O) groups is 2. The largest absolute Gasteiger partial charge is 0.341 e. The Morgan fingerprint density at radius 3 is 2.37 bits per heavy atom. The van der Waals surface area contributed by atoms with Gasteiger partial charge in [-0.3, -0.25) is 9.59 Å². The minimum Gasteiger partial charge on any atom is -0.341 e. The molecule has 0 aliphatic carbocycles. The van der Waals surface area contributed by atoms with Crippen LogP contribution in [-0.4, -0.2) is 57.6 Å². The molecule has 6 nitrogen and oxygen atoms in total. The minimum atomic E-state index is -0.0216. The van der Waals surface area contributed by atoms with E-state index in [9.17, 15) is 9.59 Å². The number of para-hydroxylation sites is 1. The highest BCUT2D eigenvalue weighted by atomic mass is 16.2. The number of rotatable bonds is 3. The molecule has 2 amide bonds. The Balaban J connectivity index is 1.73. The third-order valence-electron chi connectivity index (χ3n) is 4.99. The average molecular weight is 366 g/mol. The molecule has 1 aromatic heterocycles.